The number of carbonyl (C=O) groups excluding carboxylic acids is 1. The van der Waals surface area contributed by atoms with Crippen molar-refractivity contribution in [2.45, 2.75) is 18.6 Å². The first kappa shape index (κ1) is 16.7. The quantitative estimate of drug-likeness (QED) is 0.879. The summed E-state index contributed by atoms with van der Waals surface area (Å²) in [6, 6.07) is 2.27. The molecule has 0 heterocycles. The highest BCUT2D eigenvalue weighted by molar-refractivity contribution is 6.34. The summed E-state index contributed by atoms with van der Waals surface area (Å²) in [5, 5.41) is 1.92. The molecule has 20 heavy (non-hydrogen) atoms. The number of methoxy groups -OCH3 is 1. The Morgan fingerprint density at radius 3 is 2.70 bits per heavy atom. The molecule has 0 aliphatic heterocycles. The van der Waals surface area contributed by atoms with Gasteiger partial charge in [-0.15, -0.1) is 0 Å². The standard InChI is InChI=1S/C12H14ClF3N2O2/c1-20-6-5-9(17)11(19)18-10-7(12(14,15)16)3-2-4-8(10)13/h2-4,9H,5-6,17H2,1H3,(H,18,19). The molecule has 4 nitrogen and oxygen atoms in total. The van der Waals surface area contributed by atoms with Gasteiger partial charge in [-0.2, -0.15) is 13.2 Å². The Bertz CT molecular complexity index is 480. The summed E-state index contributed by atoms with van der Waals surface area (Å²) in [7, 11) is 1.43. The summed E-state index contributed by atoms with van der Waals surface area (Å²) >= 11 is 5.71. The molecule has 1 aromatic carbocycles. The van der Waals surface area contributed by atoms with Crippen LogP contribution >= 0.6 is 11.6 Å². The van der Waals surface area contributed by atoms with Gasteiger partial charge in [0.2, 0.25) is 5.91 Å². The van der Waals surface area contributed by atoms with E-state index in [4.69, 9.17) is 22.1 Å². The van der Waals surface area contributed by atoms with Gasteiger partial charge in [0.15, 0.2) is 0 Å². The first-order valence-electron chi connectivity index (χ1n) is 5.68. The average Bonchev–Trinajstić information content (AvgIpc) is 2.36. The predicted molar refractivity (Wildman–Crippen MR) is 69.6 cm³/mol. The van der Waals surface area contributed by atoms with Crippen LogP contribution in [0.3, 0.4) is 0 Å². The third-order valence-electron chi connectivity index (χ3n) is 2.54. The van der Waals surface area contributed by atoms with Crippen molar-refractivity contribution < 1.29 is 22.7 Å². The normalized spacial score (nSPS) is 13.1. The number of halogens is 4. The molecule has 0 spiro atoms. The Labute approximate surface area is 119 Å². The fourth-order valence-electron chi connectivity index (χ4n) is 1.48. The van der Waals surface area contributed by atoms with Gasteiger partial charge in [0.05, 0.1) is 22.3 Å². The Balaban J connectivity index is 2.94. The molecule has 0 aliphatic carbocycles. The smallest absolute Gasteiger partial charge is 0.385 e. The van der Waals surface area contributed by atoms with Gasteiger partial charge in [-0.3, -0.25) is 4.79 Å². The lowest BCUT2D eigenvalue weighted by Crippen LogP contribution is -2.37. The molecule has 1 rings (SSSR count). The van der Waals surface area contributed by atoms with E-state index in [1.807, 2.05) is 0 Å². The third kappa shape index (κ3) is 4.36. The lowest BCUT2D eigenvalue weighted by atomic mass is 10.1. The van der Waals surface area contributed by atoms with Gasteiger partial charge in [-0.05, 0) is 18.6 Å². The molecule has 1 atom stereocenters. The molecule has 0 aromatic heterocycles. The van der Waals surface area contributed by atoms with Gasteiger partial charge in [0, 0.05) is 13.7 Å². The van der Waals surface area contributed by atoms with Crippen molar-refractivity contribution in [3.63, 3.8) is 0 Å². The molecule has 8 heteroatoms. The first-order chi connectivity index (χ1) is 9.27. The number of hydrogen-bond acceptors (Lipinski definition) is 3. The number of nitrogens with two attached hydrogens (primary N) is 1. The van der Waals surface area contributed by atoms with Crippen LogP contribution in [0.25, 0.3) is 0 Å². The summed E-state index contributed by atoms with van der Waals surface area (Å²) in [5.41, 5.74) is 4.04. The third-order valence-corrected chi connectivity index (χ3v) is 2.85. The molecule has 112 valence electrons. The molecule has 3 N–H and O–H groups in total. The van der Waals surface area contributed by atoms with E-state index in [0.717, 1.165) is 12.1 Å². The van der Waals surface area contributed by atoms with Crippen molar-refractivity contribution in [1.82, 2.24) is 0 Å². The molecule has 1 aromatic rings. The Hall–Kier alpha value is -1.31. The topological polar surface area (TPSA) is 64.3 Å². The number of carbonyl (C=O) groups is 1. The van der Waals surface area contributed by atoms with E-state index < -0.39 is 29.4 Å². The van der Waals surface area contributed by atoms with Crippen molar-refractivity contribution in [2.75, 3.05) is 19.0 Å². The van der Waals surface area contributed by atoms with Crippen LogP contribution < -0.4 is 11.1 Å². The number of nitrogens with one attached hydrogen (secondary N) is 1. The molecular formula is C12H14ClF3N2O2. The predicted octanol–water partition coefficient (Wildman–Crippen LogP) is 2.66. The molecule has 0 bridgehead atoms. The van der Waals surface area contributed by atoms with Crippen LogP contribution in [-0.4, -0.2) is 25.7 Å². The highest BCUT2D eigenvalue weighted by Crippen LogP contribution is 2.38. The fourth-order valence-corrected chi connectivity index (χ4v) is 1.70. The van der Waals surface area contributed by atoms with Gasteiger partial charge in [0.1, 0.15) is 0 Å². The zero-order chi connectivity index (χ0) is 15.3. The molecule has 0 saturated carbocycles. The van der Waals surface area contributed by atoms with Crippen LogP contribution in [0, 0.1) is 0 Å². The second-order valence-electron chi connectivity index (χ2n) is 4.04. The zero-order valence-electron chi connectivity index (χ0n) is 10.6. The summed E-state index contributed by atoms with van der Waals surface area (Å²) in [6.07, 6.45) is -4.43. The van der Waals surface area contributed by atoms with Crippen LogP contribution in [0.5, 0.6) is 0 Å². The largest absolute Gasteiger partial charge is 0.418 e. The van der Waals surface area contributed by atoms with E-state index in [0.29, 0.717) is 0 Å². The minimum absolute atomic E-state index is 0.189. The van der Waals surface area contributed by atoms with Crippen LogP contribution in [0.1, 0.15) is 12.0 Å². The number of alkyl halides is 3. The second-order valence-corrected chi connectivity index (χ2v) is 4.44. The van der Waals surface area contributed by atoms with Crippen molar-refractivity contribution in [3.8, 4) is 0 Å². The number of amides is 1. The number of benzene rings is 1. The van der Waals surface area contributed by atoms with Crippen molar-refractivity contribution in [1.29, 1.82) is 0 Å². The van der Waals surface area contributed by atoms with E-state index in [2.05, 4.69) is 5.32 Å². The van der Waals surface area contributed by atoms with E-state index in [1.165, 1.54) is 13.2 Å². The number of hydrogen-bond donors (Lipinski definition) is 2. The van der Waals surface area contributed by atoms with Crippen molar-refractivity contribution >= 4 is 23.2 Å². The summed E-state index contributed by atoms with van der Waals surface area (Å²) in [5.74, 6) is -0.749. The Kier molecular flexibility index (Phi) is 5.79. The zero-order valence-corrected chi connectivity index (χ0v) is 11.4. The number of ether oxygens (including phenoxy) is 1. The van der Waals surface area contributed by atoms with Crippen LogP contribution in [-0.2, 0) is 15.7 Å². The fraction of sp³-hybridized carbons (Fsp3) is 0.417. The molecule has 0 fully saturated rings. The number of rotatable bonds is 5. The van der Waals surface area contributed by atoms with E-state index >= 15 is 0 Å². The van der Waals surface area contributed by atoms with Gasteiger partial charge < -0.3 is 15.8 Å². The van der Waals surface area contributed by atoms with Crippen LogP contribution in [0.15, 0.2) is 18.2 Å². The lowest BCUT2D eigenvalue weighted by molar-refractivity contribution is -0.137. The highest BCUT2D eigenvalue weighted by Gasteiger charge is 2.35. The summed E-state index contributed by atoms with van der Waals surface area (Å²) in [6.45, 7) is 0.225. The van der Waals surface area contributed by atoms with Crippen LogP contribution in [0.4, 0.5) is 18.9 Å². The summed E-state index contributed by atoms with van der Waals surface area (Å²) < 4.78 is 43.2. The Morgan fingerprint density at radius 2 is 2.15 bits per heavy atom. The van der Waals surface area contributed by atoms with Gasteiger partial charge >= 0.3 is 6.18 Å². The minimum atomic E-state index is -4.62. The maximum Gasteiger partial charge on any atom is 0.418 e. The van der Waals surface area contributed by atoms with Gasteiger partial charge in [-0.25, -0.2) is 0 Å². The van der Waals surface area contributed by atoms with Gasteiger partial charge in [0.25, 0.3) is 0 Å². The van der Waals surface area contributed by atoms with E-state index in [1.54, 1.807) is 0 Å². The maximum atomic E-state index is 12.8. The monoisotopic (exact) mass is 310 g/mol. The van der Waals surface area contributed by atoms with Crippen molar-refractivity contribution in [3.05, 3.63) is 28.8 Å². The SMILES string of the molecule is COCCC(N)C(=O)Nc1c(Cl)cccc1C(F)(F)F. The first-order valence-corrected chi connectivity index (χ1v) is 6.06. The maximum absolute atomic E-state index is 12.8. The number of anilines is 1. The Morgan fingerprint density at radius 1 is 1.50 bits per heavy atom. The average molecular weight is 311 g/mol. The molecule has 0 radical (unpaired) electrons. The van der Waals surface area contributed by atoms with E-state index in [9.17, 15) is 18.0 Å². The molecule has 0 aliphatic rings. The molecule has 1 unspecified atom stereocenters. The second kappa shape index (κ2) is 6.92. The minimum Gasteiger partial charge on any atom is -0.385 e. The van der Waals surface area contributed by atoms with Crippen molar-refractivity contribution in [2.24, 2.45) is 5.73 Å². The molecule has 1 amide bonds. The van der Waals surface area contributed by atoms with E-state index in [-0.39, 0.29) is 18.1 Å². The lowest BCUT2D eigenvalue weighted by Gasteiger charge is -2.17. The van der Waals surface area contributed by atoms with Crippen LogP contribution in [0.2, 0.25) is 5.02 Å². The number of para-hydroxylation sites is 1. The molecule has 0 saturated heterocycles. The molecular weight excluding hydrogens is 297 g/mol. The summed E-state index contributed by atoms with van der Waals surface area (Å²) in [4.78, 5) is 11.7. The van der Waals surface area contributed by atoms with Gasteiger partial charge in [-0.1, -0.05) is 17.7 Å². The highest BCUT2D eigenvalue weighted by atomic mass is 35.5.